The molecule has 1 aromatic rings. The summed E-state index contributed by atoms with van der Waals surface area (Å²) in [6.45, 7) is 1.60. The summed E-state index contributed by atoms with van der Waals surface area (Å²) in [4.78, 5) is 14.2. The van der Waals surface area contributed by atoms with Crippen LogP contribution in [0, 0.1) is 5.95 Å². The van der Waals surface area contributed by atoms with Crippen LogP contribution in [-0.4, -0.2) is 17.6 Å². The molecule has 0 N–H and O–H groups in total. The van der Waals surface area contributed by atoms with Crippen molar-refractivity contribution in [2.75, 3.05) is 6.61 Å². The average Bonchev–Trinajstić information content (AvgIpc) is 2.16. The molecule has 0 aromatic carbocycles. The first-order chi connectivity index (χ1) is 7.47. The Morgan fingerprint density at radius 2 is 2.25 bits per heavy atom. The van der Waals surface area contributed by atoms with Crippen LogP contribution in [0.4, 0.5) is 13.2 Å². The van der Waals surface area contributed by atoms with Crippen LogP contribution in [0.3, 0.4) is 0 Å². The van der Waals surface area contributed by atoms with Gasteiger partial charge in [-0.1, -0.05) is 0 Å². The second kappa shape index (κ2) is 5.29. The summed E-state index contributed by atoms with van der Waals surface area (Å²) in [5.41, 5.74) is -1.22. The highest BCUT2D eigenvalue weighted by Gasteiger charge is 2.22. The van der Waals surface area contributed by atoms with Crippen LogP contribution in [0.5, 0.6) is 0 Å². The van der Waals surface area contributed by atoms with E-state index in [2.05, 4.69) is 25.7 Å². The summed E-state index contributed by atoms with van der Waals surface area (Å²) in [6.07, 6.45) is -2.90. The SMILES string of the molecule is CCOC(=O)c1c(Br)cc(C(F)F)nc1F. The van der Waals surface area contributed by atoms with Gasteiger partial charge in [-0.15, -0.1) is 0 Å². The molecular weight excluding hydrogens is 291 g/mol. The van der Waals surface area contributed by atoms with Crippen molar-refractivity contribution in [3.63, 3.8) is 0 Å². The second-order valence-corrected chi connectivity index (χ2v) is 3.57. The molecule has 1 aromatic heterocycles. The van der Waals surface area contributed by atoms with Gasteiger partial charge >= 0.3 is 5.97 Å². The number of rotatable bonds is 3. The number of carbonyl (C=O) groups excluding carboxylic acids is 1. The van der Waals surface area contributed by atoms with E-state index in [1.165, 1.54) is 0 Å². The van der Waals surface area contributed by atoms with Crippen molar-refractivity contribution < 1.29 is 22.7 Å². The summed E-state index contributed by atoms with van der Waals surface area (Å²) >= 11 is 2.82. The first-order valence-corrected chi connectivity index (χ1v) is 5.07. The van der Waals surface area contributed by atoms with Crippen LogP contribution in [0.1, 0.15) is 29.4 Å². The molecule has 0 saturated heterocycles. The van der Waals surface area contributed by atoms with Crippen LogP contribution in [0.2, 0.25) is 0 Å². The topological polar surface area (TPSA) is 39.2 Å². The van der Waals surface area contributed by atoms with Gasteiger partial charge in [0.2, 0.25) is 5.95 Å². The van der Waals surface area contributed by atoms with Gasteiger partial charge in [-0.05, 0) is 28.9 Å². The van der Waals surface area contributed by atoms with Crippen molar-refractivity contribution >= 4 is 21.9 Å². The Bertz CT molecular complexity index is 389. The second-order valence-electron chi connectivity index (χ2n) is 2.72. The summed E-state index contributed by atoms with van der Waals surface area (Å²) in [6, 6.07) is 0.889. The number of alkyl halides is 2. The minimum atomic E-state index is -2.90. The van der Waals surface area contributed by atoms with Gasteiger partial charge in [0.05, 0.1) is 6.61 Å². The van der Waals surface area contributed by atoms with Crippen LogP contribution in [-0.2, 0) is 4.74 Å². The van der Waals surface area contributed by atoms with Crippen molar-refractivity contribution in [2.45, 2.75) is 13.3 Å². The number of aromatic nitrogens is 1. The molecule has 0 fully saturated rings. The first-order valence-electron chi connectivity index (χ1n) is 4.28. The van der Waals surface area contributed by atoms with Crippen LogP contribution < -0.4 is 0 Å². The molecule has 16 heavy (non-hydrogen) atoms. The molecule has 88 valence electrons. The zero-order valence-corrected chi connectivity index (χ0v) is 9.72. The van der Waals surface area contributed by atoms with E-state index in [4.69, 9.17) is 0 Å². The molecule has 0 bridgehead atoms. The van der Waals surface area contributed by atoms with E-state index in [9.17, 15) is 18.0 Å². The van der Waals surface area contributed by atoms with Crippen LogP contribution in [0.15, 0.2) is 10.5 Å². The lowest BCUT2D eigenvalue weighted by Gasteiger charge is -2.07. The fourth-order valence-electron chi connectivity index (χ4n) is 0.999. The summed E-state index contributed by atoms with van der Waals surface area (Å²) in [7, 11) is 0. The molecule has 0 amide bonds. The van der Waals surface area contributed by atoms with Crippen molar-refractivity contribution in [1.29, 1.82) is 0 Å². The highest BCUT2D eigenvalue weighted by atomic mass is 79.9. The van der Waals surface area contributed by atoms with Gasteiger partial charge in [0.1, 0.15) is 11.3 Å². The van der Waals surface area contributed by atoms with E-state index in [0.717, 1.165) is 6.07 Å². The third kappa shape index (κ3) is 2.72. The van der Waals surface area contributed by atoms with Crippen molar-refractivity contribution in [2.24, 2.45) is 0 Å². The Morgan fingerprint density at radius 3 is 2.69 bits per heavy atom. The molecule has 0 aliphatic rings. The number of hydrogen-bond acceptors (Lipinski definition) is 3. The lowest BCUT2D eigenvalue weighted by molar-refractivity contribution is 0.0517. The number of halogens is 4. The first kappa shape index (κ1) is 13.0. The number of esters is 1. The van der Waals surface area contributed by atoms with Crippen LogP contribution >= 0.6 is 15.9 Å². The van der Waals surface area contributed by atoms with E-state index >= 15 is 0 Å². The number of carbonyl (C=O) groups is 1. The van der Waals surface area contributed by atoms with Gasteiger partial charge < -0.3 is 4.74 Å². The predicted molar refractivity (Wildman–Crippen MR) is 52.8 cm³/mol. The van der Waals surface area contributed by atoms with Crippen molar-refractivity contribution in [3.8, 4) is 0 Å². The smallest absolute Gasteiger partial charge is 0.343 e. The fraction of sp³-hybridized carbons (Fsp3) is 0.333. The molecule has 7 heteroatoms. The van der Waals surface area contributed by atoms with Gasteiger partial charge in [0.15, 0.2) is 0 Å². The van der Waals surface area contributed by atoms with E-state index < -0.39 is 29.6 Å². The molecule has 0 atom stereocenters. The number of nitrogens with zero attached hydrogens (tertiary/aromatic N) is 1. The Morgan fingerprint density at radius 1 is 1.62 bits per heavy atom. The Hall–Kier alpha value is -1.11. The fourth-order valence-corrected chi connectivity index (χ4v) is 1.56. The maximum absolute atomic E-state index is 13.3. The van der Waals surface area contributed by atoms with Gasteiger partial charge in [0, 0.05) is 4.47 Å². The molecule has 1 heterocycles. The van der Waals surface area contributed by atoms with E-state index in [1.807, 2.05) is 0 Å². The highest BCUT2D eigenvalue weighted by Crippen LogP contribution is 2.25. The predicted octanol–water partition coefficient (Wildman–Crippen LogP) is 3.10. The Labute approximate surface area is 97.8 Å². The highest BCUT2D eigenvalue weighted by molar-refractivity contribution is 9.10. The Kier molecular flexibility index (Phi) is 4.28. The molecule has 0 radical (unpaired) electrons. The third-order valence-electron chi connectivity index (χ3n) is 1.65. The van der Waals surface area contributed by atoms with Gasteiger partial charge in [0.25, 0.3) is 6.43 Å². The number of pyridine rings is 1. The molecule has 0 spiro atoms. The quantitative estimate of drug-likeness (QED) is 0.636. The van der Waals surface area contributed by atoms with Crippen molar-refractivity contribution in [3.05, 3.63) is 27.7 Å². The third-order valence-corrected chi connectivity index (χ3v) is 2.28. The maximum atomic E-state index is 13.3. The molecule has 0 saturated carbocycles. The summed E-state index contributed by atoms with van der Waals surface area (Å²) in [5.74, 6) is -2.22. The minimum Gasteiger partial charge on any atom is -0.462 e. The summed E-state index contributed by atoms with van der Waals surface area (Å²) < 4.78 is 42.2. The zero-order chi connectivity index (χ0) is 12.3. The average molecular weight is 298 g/mol. The van der Waals surface area contributed by atoms with Crippen molar-refractivity contribution in [1.82, 2.24) is 4.98 Å². The molecule has 0 aliphatic heterocycles. The van der Waals surface area contributed by atoms with E-state index in [-0.39, 0.29) is 11.1 Å². The minimum absolute atomic E-state index is 0.0569. The lowest BCUT2D eigenvalue weighted by Crippen LogP contribution is -2.11. The molecule has 0 aliphatic carbocycles. The van der Waals surface area contributed by atoms with E-state index in [0.29, 0.717) is 0 Å². The number of ether oxygens (including phenoxy) is 1. The Balaban J connectivity index is 3.17. The molecule has 3 nitrogen and oxygen atoms in total. The molecular formula is C9H7BrF3NO2. The maximum Gasteiger partial charge on any atom is 0.343 e. The van der Waals surface area contributed by atoms with Crippen LogP contribution in [0.25, 0.3) is 0 Å². The van der Waals surface area contributed by atoms with E-state index in [1.54, 1.807) is 6.92 Å². The number of hydrogen-bond donors (Lipinski definition) is 0. The van der Waals surface area contributed by atoms with Gasteiger partial charge in [-0.2, -0.15) is 4.39 Å². The largest absolute Gasteiger partial charge is 0.462 e. The normalized spacial score (nSPS) is 10.6. The standard InChI is InChI=1S/C9H7BrF3NO2/c1-2-16-9(15)6-4(10)3-5(7(11)12)14-8(6)13/h3,7H,2H2,1H3. The monoisotopic (exact) mass is 297 g/mol. The zero-order valence-electron chi connectivity index (χ0n) is 8.14. The lowest BCUT2D eigenvalue weighted by atomic mass is 10.2. The summed E-state index contributed by atoms with van der Waals surface area (Å²) in [5, 5.41) is 0. The molecule has 1 rings (SSSR count). The van der Waals surface area contributed by atoms with Gasteiger partial charge in [-0.3, -0.25) is 0 Å². The molecule has 0 unspecified atom stereocenters. The van der Waals surface area contributed by atoms with Gasteiger partial charge in [-0.25, -0.2) is 18.6 Å².